The van der Waals surface area contributed by atoms with E-state index in [1.807, 2.05) is 20.8 Å². The van der Waals surface area contributed by atoms with Crippen molar-refractivity contribution >= 4 is 6.16 Å². The Morgan fingerprint density at radius 1 is 1.04 bits per heavy atom. The lowest BCUT2D eigenvalue weighted by molar-refractivity contribution is -0.0389. The number of nitrogens with one attached hydrogen (secondary N) is 1. The summed E-state index contributed by atoms with van der Waals surface area (Å²) in [6.45, 7) is 12.8. The topological polar surface area (TPSA) is 47.6 Å². The molecule has 4 heteroatoms. The molecule has 0 aromatic heterocycles. The summed E-state index contributed by atoms with van der Waals surface area (Å²) in [6, 6.07) is 0. The Kier molecular flexibility index (Phi) is 8.25. The second-order valence-electron chi connectivity index (χ2n) is 9.59. The third-order valence-corrected chi connectivity index (χ3v) is 6.43. The van der Waals surface area contributed by atoms with E-state index in [0.29, 0.717) is 0 Å². The van der Waals surface area contributed by atoms with Crippen molar-refractivity contribution in [2.45, 2.75) is 97.7 Å². The summed E-state index contributed by atoms with van der Waals surface area (Å²) in [5.74, 6) is 3.35. The van der Waals surface area contributed by atoms with Gasteiger partial charge in [-0.05, 0) is 102 Å². The minimum Gasteiger partial charge on any atom is -0.431 e. The Bertz CT molecular complexity index is 418. The summed E-state index contributed by atoms with van der Waals surface area (Å²) < 4.78 is 10.8. The van der Waals surface area contributed by atoms with Crippen LogP contribution in [0, 0.1) is 23.7 Å². The molecule has 0 radical (unpaired) electrons. The fourth-order valence-electron chi connectivity index (χ4n) is 4.86. The van der Waals surface area contributed by atoms with Crippen LogP contribution in [-0.2, 0) is 9.47 Å². The van der Waals surface area contributed by atoms with Crippen LogP contribution in [0.15, 0.2) is 0 Å². The summed E-state index contributed by atoms with van der Waals surface area (Å²) in [7, 11) is 0. The first-order valence-corrected chi connectivity index (χ1v) is 10.9. The van der Waals surface area contributed by atoms with Gasteiger partial charge < -0.3 is 14.8 Å². The zero-order valence-electron chi connectivity index (χ0n) is 17.7. The molecule has 0 bridgehead atoms. The molecule has 2 fully saturated rings. The van der Waals surface area contributed by atoms with Crippen molar-refractivity contribution in [2.75, 3.05) is 13.1 Å². The van der Waals surface area contributed by atoms with Gasteiger partial charge in [0.05, 0.1) is 0 Å². The van der Waals surface area contributed by atoms with Crippen LogP contribution in [0.2, 0.25) is 0 Å². The predicted molar refractivity (Wildman–Crippen MR) is 106 cm³/mol. The third kappa shape index (κ3) is 7.09. The lowest BCUT2D eigenvalue weighted by Gasteiger charge is -2.36. The van der Waals surface area contributed by atoms with Crippen molar-refractivity contribution in [3.05, 3.63) is 0 Å². The molecule has 0 spiro atoms. The van der Waals surface area contributed by atoms with Crippen LogP contribution in [0.3, 0.4) is 0 Å². The Morgan fingerprint density at radius 2 is 1.65 bits per heavy atom. The minimum absolute atomic E-state index is 0.0421. The lowest BCUT2D eigenvalue weighted by Crippen LogP contribution is -2.33. The van der Waals surface area contributed by atoms with Crippen molar-refractivity contribution in [2.24, 2.45) is 23.7 Å². The highest BCUT2D eigenvalue weighted by Crippen LogP contribution is 2.38. The van der Waals surface area contributed by atoms with E-state index in [0.717, 1.165) is 36.5 Å². The van der Waals surface area contributed by atoms with E-state index in [9.17, 15) is 4.79 Å². The molecule has 1 heterocycles. The van der Waals surface area contributed by atoms with E-state index in [1.165, 1.54) is 51.6 Å². The molecule has 2 unspecified atom stereocenters. The number of carbonyl (C=O) groups is 1. The van der Waals surface area contributed by atoms with Gasteiger partial charge in [0.2, 0.25) is 0 Å². The predicted octanol–water partition coefficient (Wildman–Crippen LogP) is 5.55. The van der Waals surface area contributed by atoms with Crippen molar-refractivity contribution in [3.8, 4) is 0 Å². The van der Waals surface area contributed by atoms with Crippen LogP contribution < -0.4 is 5.32 Å². The standard InChI is InChI=1S/C22H41NO3/c1-6-17(15-16(2)18-11-13-23-14-12-18)19-7-9-20(10-8-19)25-21(24)26-22(3,4)5/h16-20,23H,6-15H2,1-5H3. The summed E-state index contributed by atoms with van der Waals surface area (Å²) in [4.78, 5) is 11.9. The van der Waals surface area contributed by atoms with E-state index >= 15 is 0 Å². The normalized spacial score (nSPS) is 27.6. The molecule has 1 aliphatic carbocycles. The average molecular weight is 368 g/mol. The van der Waals surface area contributed by atoms with Crippen LogP contribution in [0.25, 0.3) is 0 Å². The molecule has 2 rings (SSSR count). The molecule has 1 N–H and O–H groups in total. The smallest absolute Gasteiger partial charge is 0.431 e. The number of carbonyl (C=O) groups excluding carboxylic acids is 1. The largest absolute Gasteiger partial charge is 0.509 e. The zero-order chi connectivity index (χ0) is 19.2. The Hall–Kier alpha value is -0.770. The van der Waals surface area contributed by atoms with E-state index in [4.69, 9.17) is 9.47 Å². The number of ether oxygens (including phenoxy) is 2. The van der Waals surface area contributed by atoms with Crippen LogP contribution >= 0.6 is 0 Å². The fourth-order valence-corrected chi connectivity index (χ4v) is 4.86. The van der Waals surface area contributed by atoms with Gasteiger partial charge in [0, 0.05) is 0 Å². The van der Waals surface area contributed by atoms with Gasteiger partial charge >= 0.3 is 6.16 Å². The van der Waals surface area contributed by atoms with E-state index in [-0.39, 0.29) is 6.10 Å². The number of hydrogen-bond acceptors (Lipinski definition) is 4. The minimum atomic E-state index is -0.507. The van der Waals surface area contributed by atoms with Crippen LogP contribution in [0.5, 0.6) is 0 Å². The molecule has 4 nitrogen and oxygen atoms in total. The molecule has 0 aromatic rings. The summed E-state index contributed by atoms with van der Waals surface area (Å²) >= 11 is 0. The van der Waals surface area contributed by atoms with Crippen molar-refractivity contribution in [3.63, 3.8) is 0 Å². The molecular formula is C22H41NO3. The van der Waals surface area contributed by atoms with E-state index in [2.05, 4.69) is 19.2 Å². The number of piperidine rings is 1. The molecule has 0 amide bonds. The first-order valence-electron chi connectivity index (χ1n) is 10.9. The zero-order valence-corrected chi connectivity index (χ0v) is 17.7. The van der Waals surface area contributed by atoms with Gasteiger partial charge in [-0.3, -0.25) is 0 Å². The van der Waals surface area contributed by atoms with Crippen LogP contribution in [-0.4, -0.2) is 30.9 Å². The maximum Gasteiger partial charge on any atom is 0.509 e. The summed E-state index contributed by atoms with van der Waals surface area (Å²) in [5.41, 5.74) is -0.480. The Morgan fingerprint density at radius 3 is 2.19 bits per heavy atom. The molecule has 2 atom stereocenters. The highest BCUT2D eigenvalue weighted by molar-refractivity contribution is 5.60. The molecular weight excluding hydrogens is 326 g/mol. The van der Waals surface area contributed by atoms with E-state index in [1.54, 1.807) is 0 Å². The SMILES string of the molecule is CCC(CC(C)C1CCNCC1)C1CCC(OC(=O)OC(C)(C)C)CC1. The molecule has 0 aromatic carbocycles. The van der Waals surface area contributed by atoms with Gasteiger partial charge in [-0.2, -0.15) is 0 Å². The molecule has 2 aliphatic rings. The van der Waals surface area contributed by atoms with Crippen LogP contribution in [0.1, 0.15) is 86.0 Å². The molecule has 1 aliphatic heterocycles. The van der Waals surface area contributed by atoms with Crippen molar-refractivity contribution in [1.29, 1.82) is 0 Å². The highest BCUT2D eigenvalue weighted by atomic mass is 16.7. The lowest BCUT2D eigenvalue weighted by atomic mass is 9.72. The van der Waals surface area contributed by atoms with Gasteiger partial charge in [-0.15, -0.1) is 0 Å². The van der Waals surface area contributed by atoms with Gasteiger partial charge in [0.1, 0.15) is 11.7 Å². The number of rotatable bonds is 6. The van der Waals surface area contributed by atoms with Gasteiger partial charge in [0.15, 0.2) is 0 Å². The van der Waals surface area contributed by atoms with Crippen molar-refractivity contribution < 1.29 is 14.3 Å². The monoisotopic (exact) mass is 367 g/mol. The molecule has 152 valence electrons. The summed E-state index contributed by atoms with van der Waals surface area (Å²) in [6.07, 6.45) is 9.21. The van der Waals surface area contributed by atoms with Gasteiger partial charge in [-0.1, -0.05) is 20.3 Å². The molecule has 1 saturated heterocycles. The third-order valence-electron chi connectivity index (χ3n) is 6.43. The fraction of sp³-hybridized carbons (Fsp3) is 0.955. The molecule has 1 saturated carbocycles. The Labute approximate surface area is 160 Å². The molecule has 26 heavy (non-hydrogen) atoms. The Balaban J connectivity index is 1.75. The first kappa shape index (κ1) is 21.5. The van der Waals surface area contributed by atoms with Gasteiger partial charge in [0.25, 0.3) is 0 Å². The average Bonchev–Trinajstić information content (AvgIpc) is 2.59. The first-order chi connectivity index (χ1) is 12.3. The maximum absolute atomic E-state index is 11.9. The highest BCUT2D eigenvalue weighted by Gasteiger charge is 2.31. The number of hydrogen-bond donors (Lipinski definition) is 1. The van der Waals surface area contributed by atoms with Gasteiger partial charge in [-0.25, -0.2) is 4.79 Å². The quantitative estimate of drug-likeness (QED) is 0.625. The van der Waals surface area contributed by atoms with Crippen LogP contribution in [0.4, 0.5) is 4.79 Å². The second-order valence-corrected chi connectivity index (χ2v) is 9.59. The maximum atomic E-state index is 11.9. The van der Waals surface area contributed by atoms with E-state index < -0.39 is 11.8 Å². The summed E-state index contributed by atoms with van der Waals surface area (Å²) in [5, 5.41) is 3.48. The second kappa shape index (κ2) is 9.96. The van der Waals surface area contributed by atoms with Crippen molar-refractivity contribution in [1.82, 2.24) is 5.32 Å².